The molecule has 2 rings (SSSR count). The molecule has 2 atom stereocenters. The van der Waals surface area contributed by atoms with Crippen molar-refractivity contribution in [2.24, 2.45) is 23.3 Å². The van der Waals surface area contributed by atoms with Gasteiger partial charge in [0.1, 0.15) is 11.5 Å². The Balaban J connectivity index is 1.92. The molecule has 0 radical (unpaired) electrons. The van der Waals surface area contributed by atoms with Crippen molar-refractivity contribution < 1.29 is 19.8 Å². The number of unbranched alkanes of at least 4 members (excludes halogenated alkanes) is 3. The number of nitrogens with two attached hydrogens (primary N) is 2. The third-order valence-corrected chi connectivity index (χ3v) is 7.96. The van der Waals surface area contributed by atoms with E-state index in [2.05, 4.69) is 41.5 Å². The molecule has 2 aromatic rings. The minimum atomic E-state index is -0.296. The summed E-state index contributed by atoms with van der Waals surface area (Å²) in [6.45, 7) is 16.2. The molecule has 6 nitrogen and oxygen atoms in total. The predicted molar refractivity (Wildman–Crippen MR) is 164 cm³/mol. The quantitative estimate of drug-likeness (QED) is 0.208. The Morgan fingerprint density at radius 3 is 1.25 bits per heavy atom. The highest BCUT2D eigenvalue weighted by Gasteiger charge is 2.24. The Kier molecular flexibility index (Phi) is 11.3. The van der Waals surface area contributed by atoms with Crippen LogP contribution in [0.5, 0.6) is 11.5 Å². The first-order chi connectivity index (χ1) is 18.4. The van der Waals surface area contributed by atoms with Gasteiger partial charge >= 0.3 is 0 Å². The van der Waals surface area contributed by atoms with Crippen molar-refractivity contribution in [1.29, 1.82) is 0 Å². The zero-order valence-corrected chi connectivity index (χ0v) is 26.0. The lowest BCUT2D eigenvalue weighted by molar-refractivity contribution is -0.122. The number of benzene rings is 2. The van der Waals surface area contributed by atoms with Gasteiger partial charge in [0.2, 0.25) is 11.8 Å². The number of hydrogen-bond donors (Lipinski definition) is 4. The highest BCUT2D eigenvalue weighted by atomic mass is 16.3. The molecule has 222 valence electrons. The maximum atomic E-state index is 12.2. The molecule has 2 aromatic carbocycles. The Morgan fingerprint density at radius 1 is 0.650 bits per heavy atom. The van der Waals surface area contributed by atoms with Gasteiger partial charge in [0.05, 0.1) is 0 Å². The first kappa shape index (κ1) is 33.2. The minimum Gasteiger partial charge on any atom is -0.507 e. The summed E-state index contributed by atoms with van der Waals surface area (Å²) in [7, 11) is 0. The zero-order chi connectivity index (χ0) is 30.4. The summed E-state index contributed by atoms with van der Waals surface area (Å²) in [5, 5.41) is 21.0. The molecule has 2 unspecified atom stereocenters. The number of carbonyl (C=O) groups is 2. The molecule has 0 saturated carbocycles. The minimum absolute atomic E-state index is 0.203. The van der Waals surface area contributed by atoms with Crippen LogP contribution in [0, 0.1) is 25.7 Å². The Hall–Kier alpha value is -3.02. The van der Waals surface area contributed by atoms with Crippen LogP contribution in [0.4, 0.5) is 0 Å². The van der Waals surface area contributed by atoms with Crippen LogP contribution in [0.15, 0.2) is 24.3 Å². The molecule has 0 bridgehead atoms. The van der Waals surface area contributed by atoms with Crippen LogP contribution >= 0.6 is 0 Å². The molecule has 0 aliphatic rings. The summed E-state index contributed by atoms with van der Waals surface area (Å²) < 4.78 is 0. The van der Waals surface area contributed by atoms with Crippen LogP contribution in [-0.2, 0) is 33.3 Å². The maximum Gasteiger partial charge on any atom is 0.220 e. The number of aromatic hydroxyl groups is 2. The summed E-state index contributed by atoms with van der Waals surface area (Å²) in [5.74, 6) is -0.478. The average Bonchev–Trinajstić information content (AvgIpc) is 2.82. The Labute approximate surface area is 241 Å². The topological polar surface area (TPSA) is 127 Å². The number of primary amides is 2. The highest BCUT2D eigenvalue weighted by molar-refractivity contribution is 5.77. The van der Waals surface area contributed by atoms with Gasteiger partial charge in [-0.25, -0.2) is 0 Å². The van der Waals surface area contributed by atoms with E-state index in [1.807, 2.05) is 38.1 Å². The maximum absolute atomic E-state index is 12.2. The molecule has 0 aliphatic carbocycles. The fraction of sp³-hybridized carbons (Fsp3) is 0.588. The number of phenols is 2. The van der Waals surface area contributed by atoms with Gasteiger partial charge in [-0.3, -0.25) is 9.59 Å². The molecule has 0 aromatic heterocycles. The second-order valence-corrected chi connectivity index (χ2v) is 13.7. The number of aryl methyl sites for hydroxylation is 2. The van der Waals surface area contributed by atoms with E-state index in [4.69, 9.17) is 11.5 Å². The summed E-state index contributed by atoms with van der Waals surface area (Å²) in [5.41, 5.74) is 16.6. The van der Waals surface area contributed by atoms with E-state index in [9.17, 15) is 19.8 Å². The lowest BCUT2D eigenvalue weighted by atomic mass is 9.82. The second kappa shape index (κ2) is 13.6. The van der Waals surface area contributed by atoms with Gasteiger partial charge in [-0.2, -0.15) is 0 Å². The highest BCUT2D eigenvalue weighted by Crippen LogP contribution is 2.36. The number of carbonyl (C=O) groups excluding carboxylic acids is 2. The van der Waals surface area contributed by atoms with E-state index in [0.717, 1.165) is 59.1 Å². The van der Waals surface area contributed by atoms with Crippen molar-refractivity contribution in [3.8, 4) is 11.5 Å². The lowest BCUT2D eigenvalue weighted by Gasteiger charge is -2.23. The molecular formula is C34H52N2O4. The van der Waals surface area contributed by atoms with Gasteiger partial charge in [0.25, 0.3) is 0 Å². The van der Waals surface area contributed by atoms with Gasteiger partial charge in [0.15, 0.2) is 0 Å². The SMILES string of the molecule is Cc1cc(CC(CCCCCCC(Cc2cc(C)c(O)c(C(C)(C)C)c2)C(N)=O)C(N)=O)cc(C(C)(C)C)c1O. The molecule has 0 spiro atoms. The van der Waals surface area contributed by atoms with Gasteiger partial charge in [-0.1, -0.05) is 91.5 Å². The normalized spacial score (nSPS) is 13.7. The molecule has 0 aliphatic heterocycles. The number of phenolic OH excluding ortho intramolecular Hbond substituents is 2. The molecule has 0 heterocycles. The summed E-state index contributed by atoms with van der Waals surface area (Å²) in [6, 6.07) is 7.90. The predicted octanol–water partition coefficient (Wildman–Crippen LogP) is 6.64. The lowest BCUT2D eigenvalue weighted by Crippen LogP contribution is -2.26. The fourth-order valence-electron chi connectivity index (χ4n) is 5.48. The van der Waals surface area contributed by atoms with E-state index < -0.39 is 0 Å². The van der Waals surface area contributed by atoms with Gasteiger partial charge in [-0.05, 0) is 83.7 Å². The van der Waals surface area contributed by atoms with Crippen LogP contribution in [0.25, 0.3) is 0 Å². The van der Waals surface area contributed by atoms with E-state index in [1.54, 1.807) is 0 Å². The van der Waals surface area contributed by atoms with Gasteiger partial charge in [0, 0.05) is 11.8 Å². The number of amides is 2. The number of hydrogen-bond acceptors (Lipinski definition) is 4. The third kappa shape index (κ3) is 9.28. The van der Waals surface area contributed by atoms with Gasteiger partial charge in [-0.15, -0.1) is 0 Å². The second-order valence-electron chi connectivity index (χ2n) is 13.7. The average molecular weight is 553 g/mol. The monoisotopic (exact) mass is 552 g/mol. The van der Waals surface area contributed by atoms with Crippen molar-refractivity contribution in [2.45, 2.75) is 118 Å². The van der Waals surface area contributed by atoms with Crippen LogP contribution in [-0.4, -0.2) is 22.0 Å². The summed E-state index contributed by atoms with van der Waals surface area (Å²) in [4.78, 5) is 24.5. The third-order valence-electron chi connectivity index (χ3n) is 7.96. The Bertz CT molecular complexity index is 1090. The molecule has 0 fully saturated rings. The van der Waals surface area contributed by atoms with Crippen molar-refractivity contribution in [1.82, 2.24) is 0 Å². The van der Waals surface area contributed by atoms with Crippen LogP contribution < -0.4 is 11.5 Å². The first-order valence-corrected chi connectivity index (χ1v) is 14.7. The van der Waals surface area contributed by atoms with Crippen LogP contribution in [0.2, 0.25) is 0 Å². The molecule has 6 N–H and O–H groups in total. The molecule has 6 heteroatoms. The Morgan fingerprint density at radius 2 is 0.975 bits per heavy atom. The van der Waals surface area contributed by atoms with Crippen molar-refractivity contribution >= 4 is 11.8 Å². The summed E-state index contributed by atoms with van der Waals surface area (Å²) >= 11 is 0. The van der Waals surface area contributed by atoms with Crippen LogP contribution in [0.1, 0.15) is 113 Å². The molecule has 0 saturated heterocycles. The standard InChI is InChI=1S/C34H52N2O4/c1-21-15-23(19-27(29(21)37)33(3,4)5)17-25(31(35)39)13-11-9-10-12-14-26(32(36)40)18-24-16-22(2)30(38)28(20-24)34(6,7)8/h15-16,19-20,25-26,37-38H,9-14,17-18H2,1-8H3,(H2,35,39)(H2,36,40). The first-order valence-electron chi connectivity index (χ1n) is 14.7. The van der Waals surface area contributed by atoms with Crippen molar-refractivity contribution in [2.75, 3.05) is 0 Å². The molecular weight excluding hydrogens is 500 g/mol. The fourth-order valence-corrected chi connectivity index (χ4v) is 5.48. The summed E-state index contributed by atoms with van der Waals surface area (Å²) in [6.07, 6.45) is 6.20. The van der Waals surface area contributed by atoms with Crippen LogP contribution in [0.3, 0.4) is 0 Å². The number of rotatable bonds is 13. The largest absolute Gasteiger partial charge is 0.507 e. The van der Waals surface area contributed by atoms with E-state index in [-0.39, 0.29) is 34.5 Å². The zero-order valence-electron chi connectivity index (χ0n) is 26.0. The van der Waals surface area contributed by atoms with Gasteiger partial charge < -0.3 is 21.7 Å². The molecule has 40 heavy (non-hydrogen) atoms. The van der Waals surface area contributed by atoms with E-state index in [1.165, 1.54) is 0 Å². The van der Waals surface area contributed by atoms with Crippen molar-refractivity contribution in [3.63, 3.8) is 0 Å². The van der Waals surface area contributed by atoms with Crippen molar-refractivity contribution in [3.05, 3.63) is 57.6 Å². The van der Waals surface area contributed by atoms with E-state index in [0.29, 0.717) is 37.2 Å². The molecule has 2 amide bonds. The smallest absolute Gasteiger partial charge is 0.220 e. The van der Waals surface area contributed by atoms with E-state index >= 15 is 0 Å².